The largest absolute Gasteiger partial charge is 0.382 e. The molecule has 3 heteroatoms. The molecule has 76 valence electrons. The van der Waals surface area contributed by atoms with E-state index in [0.29, 0.717) is 0 Å². The average molecular weight is 201 g/mol. The van der Waals surface area contributed by atoms with Crippen LogP contribution in [0.3, 0.4) is 0 Å². The van der Waals surface area contributed by atoms with Crippen molar-refractivity contribution in [3.8, 4) is 0 Å². The standard InChI is InChI=1S/C10H19NOS/c1-8-5-11-10(7-12-2,13-6-8)9-3-4-9/h8-9,11H,3-7H2,1-2H3. The fourth-order valence-corrected chi connectivity index (χ4v) is 3.54. The van der Waals surface area contributed by atoms with E-state index in [-0.39, 0.29) is 4.87 Å². The summed E-state index contributed by atoms with van der Waals surface area (Å²) in [5.74, 6) is 2.96. The second-order valence-corrected chi connectivity index (χ2v) is 5.74. The van der Waals surface area contributed by atoms with Gasteiger partial charge in [0.25, 0.3) is 0 Å². The highest BCUT2D eigenvalue weighted by Gasteiger charge is 2.47. The highest BCUT2D eigenvalue weighted by atomic mass is 32.2. The molecule has 1 saturated carbocycles. The first-order valence-electron chi connectivity index (χ1n) is 5.15. The van der Waals surface area contributed by atoms with Crippen molar-refractivity contribution in [3.05, 3.63) is 0 Å². The van der Waals surface area contributed by atoms with E-state index in [4.69, 9.17) is 4.74 Å². The van der Waals surface area contributed by atoms with Crippen LogP contribution >= 0.6 is 11.8 Å². The number of methoxy groups -OCH3 is 1. The average Bonchev–Trinajstić information content (AvgIpc) is 2.93. The maximum atomic E-state index is 5.34. The van der Waals surface area contributed by atoms with Crippen molar-refractivity contribution in [2.45, 2.75) is 24.6 Å². The van der Waals surface area contributed by atoms with Gasteiger partial charge in [0.2, 0.25) is 0 Å². The fourth-order valence-electron chi connectivity index (χ4n) is 1.98. The number of ether oxygens (including phenoxy) is 1. The highest BCUT2D eigenvalue weighted by Crippen LogP contribution is 2.48. The van der Waals surface area contributed by atoms with Gasteiger partial charge >= 0.3 is 0 Å². The molecule has 0 aromatic rings. The Hall–Kier alpha value is 0.270. The minimum atomic E-state index is 0.265. The Kier molecular flexibility index (Phi) is 2.86. The molecule has 0 amide bonds. The Balaban J connectivity index is 1.97. The molecule has 1 N–H and O–H groups in total. The Morgan fingerprint density at radius 3 is 2.77 bits per heavy atom. The number of thioether (sulfide) groups is 1. The molecule has 0 aromatic heterocycles. The lowest BCUT2D eigenvalue weighted by molar-refractivity contribution is 0.138. The number of hydrogen-bond acceptors (Lipinski definition) is 3. The summed E-state index contributed by atoms with van der Waals surface area (Å²) in [7, 11) is 1.81. The Labute approximate surface area is 84.8 Å². The van der Waals surface area contributed by atoms with Gasteiger partial charge in [-0.3, -0.25) is 0 Å². The van der Waals surface area contributed by atoms with Crippen molar-refractivity contribution in [1.82, 2.24) is 5.32 Å². The van der Waals surface area contributed by atoms with Gasteiger partial charge in [-0.2, -0.15) is 0 Å². The second kappa shape index (κ2) is 3.79. The van der Waals surface area contributed by atoms with Crippen LogP contribution in [0.4, 0.5) is 0 Å². The van der Waals surface area contributed by atoms with Crippen LogP contribution in [0.2, 0.25) is 0 Å². The Morgan fingerprint density at radius 2 is 2.31 bits per heavy atom. The maximum absolute atomic E-state index is 5.34. The van der Waals surface area contributed by atoms with Gasteiger partial charge in [-0.15, -0.1) is 11.8 Å². The predicted molar refractivity (Wildman–Crippen MR) is 57.0 cm³/mol. The van der Waals surface area contributed by atoms with Crippen LogP contribution in [0.25, 0.3) is 0 Å². The molecule has 0 bridgehead atoms. The first kappa shape index (κ1) is 9.81. The minimum Gasteiger partial charge on any atom is -0.382 e. The van der Waals surface area contributed by atoms with Crippen molar-refractivity contribution in [3.63, 3.8) is 0 Å². The van der Waals surface area contributed by atoms with Gasteiger partial charge in [0.15, 0.2) is 0 Å². The molecular formula is C10H19NOS. The molecule has 2 atom stereocenters. The first-order chi connectivity index (χ1) is 6.27. The lowest BCUT2D eigenvalue weighted by Gasteiger charge is -2.39. The van der Waals surface area contributed by atoms with E-state index >= 15 is 0 Å². The third kappa shape index (κ3) is 2.03. The molecule has 0 radical (unpaired) electrons. The topological polar surface area (TPSA) is 21.3 Å². The van der Waals surface area contributed by atoms with Crippen LogP contribution in [0.15, 0.2) is 0 Å². The molecule has 13 heavy (non-hydrogen) atoms. The summed E-state index contributed by atoms with van der Waals surface area (Å²) < 4.78 is 5.34. The van der Waals surface area contributed by atoms with Gasteiger partial charge in [-0.1, -0.05) is 6.92 Å². The first-order valence-corrected chi connectivity index (χ1v) is 6.13. The van der Waals surface area contributed by atoms with Crippen molar-refractivity contribution in [1.29, 1.82) is 0 Å². The van der Waals surface area contributed by atoms with E-state index in [1.165, 1.54) is 18.6 Å². The van der Waals surface area contributed by atoms with Crippen LogP contribution in [-0.2, 0) is 4.74 Å². The van der Waals surface area contributed by atoms with E-state index in [1.54, 1.807) is 0 Å². The molecule has 0 aromatic carbocycles. The van der Waals surface area contributed by atoms with Crippen LogP contribution in [0.5, 0.6) is 0 Å². The summed E-state index contributed by atoms with van der Waals surface area (Å²) in [6.07, 6.45) is 2.77. The number of nitrogens with one attached hydrogen (secondary N) is 1. The molecule has 1 saturated heterocycles. The van der Waals surface area contributed by atoms with Crippen molar-refractivity contribution in [2.24, 2.45) is 11.8 Å². The number of hydrogen-bond donors (Lipinski definition) is 1. The second-order valence-electron chi connectivity index (χ2n) is 4.39. The van der Waals surface area contributed by atoms with Crippen LogP contribution in [0.1, 0.15) is 19.8 Å². The fraction of sp³-hybridized carbons (Fsp3) is 1.00. The van der Waals surface area contributed by atoms with Crippen molar-refractivity contribution < 1.29 is 4.74 Å². The highest BCUT2D eigenvalue weighted by molar-refractivity contribution is 8.00. The molecule has 2 rings (SSSR count). The van der Waals surface area contributed by atoms with Gasteiger partial charge < -0.3 is 10.1 Å². The third-order valence-corrected chi connectivity index (χ3v) is 4.82. The van der Waals surface area contributed by atoms with E-state index in [0.717, 1.165) is 25.0 Å². The zero-order valence-electron chi connectivity index (χ0n) is 8.51. The van der Waals surface area contributed by atoms with E-state index in [2.05, 4.69) is 24.0 Å². The van der Waals surface area contributed by atoms with Gasteiger partial charge in [0, 0.05) is 7.11 Å². The van der Waals surface area contributed by atoms with Gasteiger partial charge in [0.05, 0.1) is 11.5 Å². The monoisotopic (exact) mass is 201 g/mol. The van der Waals surface area contributed by atoms with E-state index < -0.39 is 0 Å². The Morgan fingerprint density at radius 1 is 1.54 bits per heavy atom. The molecule has 1 aliphatic heterocycles. The molecule has 1 aliphatic carbocycles. The summed E-state index contributed by atoms with van der Waals surface area (Å²) >= 11 is 2.08. The maximum Gasteiger partial charge on any atom is 0.0909 e. The van der Waals surface area contributed by atoms with Gasteiger partial charge in [0.1, 0.15) is 0 Å². The summed E-state index contributed by atoms with van der Waals surface area (Å²) in [6.45, 7) is 4.34. The normalized spacial score (nSPS) is 40.6. The van der Waals surface area contributed by atoms with Crippen LogP contribution in [0, 0.1) is 11.8 Å². The summed E-state index contributed by atoms with van der Waals surface area (Å²) in [4.78, 5) is 0.265. The van der Waals surface area contributed by atoms with E-state index in [9.17, 15) is 0 Å². The summed E-state index contributed by atoms with van der Waals surface area (Å²) in [6, 6.07) is 0. The van der Waals surface area contributed by atoms with Crippen molar-refractivity contribution in [2.75, 3.05) is 26.0 Å². The lowest BCUT2D eigenvalue weighted by Crippen LogP contribution is -2.53. The van der Waals surface area contributed by atoms with Crippen molar-refractivity contribution >= 4 is 11.8 Å². The predicted octanol–water partition coefficient (Wildman–Crippen LogP) is 1.71. The summed E-state index contributed by atoms with van der Waals surface area (Å²) in [5.41, 5.74) is 0. The third-order valence-electron chi connectivity index (χ3n) is 2.97. The molecule has 0 spiro atoms. The number of rotatable bonds is 3. The van der Waals surface area contributed by atoms with Crippen LogP contribution in [-0.4, -0.2) is 30.9 Å². The molecular weight excluding hydrogens is 182 g/mol. The molecule has 2 aliphatic rings. The van der Waals surface area contributed by atoms with Gasteiger partial charge in [-0.05, 0) is 37.0 Å². The SMILES string of the molecule is COCC1(C2CC2)NCC(C)CS1. The lowest BCUT2D eigenvalue weighted by atomic mass is 10.1. The quantitative estimate of drug-likeness (QED) is 0.751. The molecule has 2 nitrogen and oxygen atoms in total. The summed E-state index contributed by atoms with van der Waals surface area (Å²) in [5, 5.41) is 3.68. The van der Waals surface area contributed by atoms with E-state index in [1.807, 2.05) is 7.11 Å². The molecule has 1 heterocycles. The molecule has 2 unspecified atom stereocenters. The van der Waals surface area contributed by atoms with Crippen LogP contribution < -0.4 is 5.32 Å². The minimum absolute atomic E-state index is 0.265. The zero-order chi connectivity index (χ0) is 9.31. The zero-order valence-corrected chi connectivity index (χ0v) is 9.32. The molecule has 2 fully saturated rings. The Bertz CT molecular complexity index is 174. The van der Waals surface area contributed by atoms with Gasteiger partial charge in [-0.25, -0.2) is 0 Å². The smallest absolute Gasteiger partial charge is 0.0909 e.